The minimum Gasteiger partial charge on any atom is -0.481 e. The number of nitrogens with one attached hydrogen (secondary N) is 9. The van der Waals surface area contributed by atoms with E-state index in [9.17, 15) is 72.9 Å². The quantitative estimate of drug-likeness (QED) is 0.0253. The van der Waals surface area contributed by atoms with Gasteiger partial charge in [0.15, 0.2) is 0 Å². The number of hydrogen-bond acceptors (Lipinski definition) is 16. The van der Waals surface area contributed by atoms with Crippen LogP contribution in [0.3, 0.4) is 0 Å². The highest BCUT2D eigenvalue weighted by Crippen LogP contribution is 2.20. The fraction of sp³-hybridized carbons (Fsp3) is 0.509. The molecule has 28 nitrogen and oxygen atoms in total. The van der Waals surface area contributed by atoms with Crippen molar-refractivity contribution < 1.29 is 72.9 Å². The third kappa shape index (κ3) is 22.8. The summed E-state index contributed by atoms with van der Waals surface area (Å²) in [5, 5.41) is 49.9. The fourth-order valence-corrected chi connectivity index (χ4v) is 8.73. The third-order valence-electron chi connectivity index (χ3n) is 12.9. The molecule has 1 heterocycles. The number of carbonyl (C=O) groups excluding carboxylic acids is 10. The number of aliphatic carboxylic acids is 2. The number of aromatic amines is 1. The van der Waals surface area contributed by atoms with E-state index in [1.165, 1.54) is 11.8 Å². The number of nitrogens with two attached hydrogens (primary N) is 4. The molecule has 10 amide bonds. The number of para-hydroxylation sites is 1. The Morgan fingerprint density at radius 1 is 0.561 bits per heavy atom. The number of rotatable bonds is 37. The molecule has 0 saturated carbocycles. The average molecular weight is 1170 g/mol. The van der Waals surface area contributed by atoms with E-state index in [1.807, 2.05) is 0 Å². The number of unbranched alkanes of at least 4 members (excludes halogenated alkanes) is 1. The first kappa shape index (κ1) is 68.1. The predicted molar refractivity (Wildman–Crippen MR) is 300 cm³/mol. The number of amides is 10. The number of hydrogen-bond donors (Lipinski definition) is 16. The lowest BCUT2D eigenvalue weighted by atomic mass is 10.0. The lowest BCUT2D eigenvalue weighted by Gasteiger charge is -2.28. The van der Waals surface area contributed by atoms with E-state index >= 15 is 0 Å². The fourth-order valence-electron chi connectivity index (χ4n) is 8.25. The number of H-pyrrole nitrogens is 1. The maximum atomic E-state index is 14.4. The second kappa shape index (κ2) is 34.2. The summed E-state index contributed by atoms with van der Waals surface area (Å²) in [5.41, 5.74) is 24.3. The second-order valence-corrected chi connectivity index (χ2v) is 20.8. The van der Waals surface area contributed by atoms with Crippen LogP contribution in [-0.4, -0.2) is 170 Å². The van der Waals surface area contributed by atoms with E-state index in [4.69, 9.17) is 22.9 Å². The molecule has 82 heavy (non-hydrogen) atoms. The van der Waals surface area contributed by atoms with Gasteiger partial charge in [-0.15, -0.1) is 0 Å². The molecular formula is C53H77N13O15S. The standard InChI is InChI=1S/C53H77N13O15S/c1-27(2)43(57)51(78)66-44(28(3)67)52(79)60-33(17-18-42(70)71)45(72)64-39(25-41(56)69)50(77)62-36(22-29-12-6-5-7-13-29)47(74)65-38(24-40(55)68)49(76)59-34(19-21-82-4)46(73)63-37(23-30-26-58-32-15-9-8-14-31(30)32)48(75)61-35(53(80)81)16-10-11-20-54/h5-9,12-15,26-28,33-39,43-44,58,67H,10-11,16-25,54,57H2,1-4H3,(H2,55,68)(H2,56,69)(H,59,76)(H,60,79)(H,61,75)(H,62,77)(H,63,73)(H,64,72)(H,65,74)(H,66,78)(H,70,71)(H,80,81)/t28-,33+,34+,35+,36+,37+,38+,39+,43+,44+/m1/s1. The van der Waals surface area contributed by atoms with Crippen LogP contribution in [-0.2, 0) is 70.4 Å². The van der Waals surface area contributed by atoms with Crippen LogP contribution in [0.5, 0.6) is 0 Å². The number of benzene rings is 2. The smallest absolute Gasteiger partial charge is 0.326 e. The summed E-state index contributed by atoms with van der Waals surface area (Å²) in [4.78, 5) is 163. The molecule has 3 aromatic rings. The molecular weight excluding hydrogens is 1090 g/mol. The lowest BCUT2D eigenvalue weighted by molar-refractivity contribution is -0.142. The number of primary amides is 2. The SMILES string of the molecule is CSCC[C@H](NC(=O)[C@H](CC(N)=O)NC(=O)[C@H](Cc1ccccc1)NC(=O)[C@H](CC(N)=O)NC(=O)[C@H](CCC(=O)O)NC(=O)[C@@H](NC(=O)[C@@H](N)C(C)C)[C@@H](C)O)C(=O)N[C@@H](Cc1c[nH]c2ccccc12)C(=O)N[C@@H](CCCCN)C(=O)O. The first-order chi connectivity index (χ1) is 38.8. The molecule has 0 unspecified atom stereocenters. The van der Waals surface area contributed by atoms with Crippen molar-refractivity contribution in [3.63, 3.8) is 0 Å². The molecule has 0 bridgehead atoms. The Morgan fingerprint density at radius 3 is 1.55 bits per heavy atom. The van der Waals surface area contributed by atoms with Gasteiger partial charge in [0.1, 0.15) is 48.3 Å². The minimum atomic E-state index is -1.93. The second-order valence-electron chi connectivity index (χ2n) is 19.9. The Hall–Kier alpha value is -8.15. The van der Waals surface area contributed by atoms with Crippen LogP contribution in [0.25, 0.3) is 10.9 Å². The summed E-state index contributed by atoms with van der Waals surface area (Å²) in [6, 6.07) is 0.867. The zero-order chi connectivity index (χ0) is 61.2. The first-order valence-corrected chi connectivity index (χ1v) is 27.8. The van der Waals surface area contributed by atoms with Gasteiger partial charge in [0.05, 0.1) is 25.0 Å². The van der Waals surface area contributed by atoms with Gasteiger partial charge < -0.3 is 85.8 Å². The van der Waals surface area contributed by atoms with Gasteiger partial charge in [-0.2, -0.15) is 11.8 Å². The van der Waals surface area contributed by atoms with E-state index < -0.39 is 163 Å². The highest BCUT2D eigenvalue weighted by molar-refractivity contribution is 7.98. The molecule has 0 aliphatic carbocycles. The zero-order valence-electron chi connectivity index (χ0n) is 46.1. The molecule has 0 aliphatic heterocycles. The van der Waals surface area contributed by atoms with E-state index in [-0.39, 0.29) is 38.0 Å². The van der Waals surface area contributed by atoms with E-state index in [1.54, 1.807) is 80.9 Å². The molecule has 0 aliphatic rings. The Balaban J connectivity index is 1.96. The van der Waals surface area contributed by atoms with Gasteiger partial charge >= 0.3 is 11.9 Å². The monoisotopic (exact) mass is 1170 g/mol. The summed E-state index contributed by atoms with van der Waals surface area (Å²) < 4.78 is 0. The van der Waals surface area contributed by atoms with Gasteiger partial charge in [-0.25, -0.2) is 4.79 Å². The van der Waals surface area contributed by atoms with Crippen LogP contribution < -0.4 is 65.5 Å². The van der Waals surface area contributed by atoms with Gasteiger partial charge in [0, 0.05) is 36.4 Å². The summed E-state index contributed by atoms with van der Waals surface area (Å²) in [7, 11) is 0. The molecule has 20 N–H and O–H groups in total. The maximum absolute atomic E-state index is 14.4. The van der Waals surface area contributed by atoms with Crippen molar-refractivity contribution >= 4 is 93.7 Å². The van der Waals surface area contributed by atoms with Crippen LogP contribution >= 0.6 is 11.8 Å². The van der Waals surface area contributed by atoms with Gasteiger partial charge in [-0.05, 0) is 80.7 Å². The summed E-state index contributed by atoms with van der Waals surface area (Å²) in [5.74, 6) is -13.6. The molecule has 29 heteroatoms. The van der Waals surface area contributed by atoms with Crippen molar-refractivity contribution in [2.24, 2.45) is 28.9 Å². The van der Waals surface area contributed by atoms with Gasteiger partial charge in [-0.1, -0.05) is 62.4 Å². The minimum absolute atomic E-state index is 0.0371. The highest BCUT2D eigenvalue weighted by atomic mass is 32.2. The number of aromatic nitrogens is 1. The third-order valence-corrected chi connectivity index (χ3v) is 13.5. The number of thioether (sulfide) groups is 1. The van der Waals surface area contributed by atoms with Crippen molar-refractivity contribution in [3.05, 3.63) is 71.9 Å². The van der Waals surface area contributed by atoms with Crippen LogP contribution in [0.15, 0.2) is 60.8 Å². The van der Waals surface area contributed by atoms with Gasteiger partial charge in [-0.3, -0.25) is 52.7 Å². The summed E-state index contributed by atoms with van der Waals surface area (Å²) in [6.45, 7) is 4.70. The van der Waals surface area contributed by atoms with Crippen molar-refractivity contribution in [1.29, 1.82) is 0 Å². The van der Waals surface area contributed by atoms with E-state index in [0.717, 1.165) is 6.92 Å². The van der Waals surface area contributed by atoms with Crippen molar-refractivity contribution in [2.45, 2.75) is 145 Å². The Morgan fingerprint density at radius 2 is 1.04 bits per heavy atom. The molecule has 0 spiro atoms. The van der Waals surface area contributed by atoms with Crippen molar-refractivity contribution in [1.82, 2.24) is 47.5 Å². The molecule has 1 aromatic heterocycles. The lowest BCUT2D eigenvalue weighted by Crippen LogP contribution is -2.62. The number of aliphatic hydroxyl groups excluding tert-OH is 1. The molecule has 0 saturated heterocycles. The molecule has 3 rings (SSSR count). The molecule has 10 atom stereocenters. The highest BCUT2D eigenvalue weighted by Gasteiger charge is 2.37. The van der Waals surface area contributed by atoms with E-state index in [2.05, 4.69) is 47.5 Å². The summed E-state index contributed by atoms with van der Waals surface area (Å²) >= 11 is 1.29. The zero-order valence-corrected chi connectivity index (χ0v) is 46.9. The molecule has 2 aromatic carbocycles. The molecule has 450 valence electrons. The predicted octanol–water partition coefficient (Wildman–Crippen LogP) is -3.22. The number of carbonyl (C=O) groups is 12. The Kier molecular flexibility index (Phi) is 28.4. The van der Waals surface area contributed by atoms with Crippen LogP contribution in [0.2, 0.25) is 0 Å². The Bertz CT molecular complexity index is 2710. The van der Waals surface area contributed by atoms with E-state index in [0.29, 0.717) is 34.9 Å². The Labute approximate surface area is 477 Å². The number of aliphatic hydroxyl groups is 1. The largest absolute Gasteiger partial charge is 0.481 e. The topological polar surface area (TPSA) is 482 Å². The molecule has 0 fully saturated rings. The van der Waals surface area contributed by atoms with Gasteiger partial charge in [0.25, 0.3) is 0 Å². The van der Waals surface area contributed by atoms with Crippen LogP contribution in [0.1, 0.15) is 83.3 Å². The number of carboxylic acids is 2. The van der Waals surface area contributed by atoms with Crippen molar-refractivity contribution in [3.8, 4) is 0 Å². The number of fused-ring (bicyclic) bond motifs is 1. The first-order valence-electron chi connectivity index (χ1n) is 26.4. The molecule has 0 radical (unpaired) electrons. The van der Waals surface area contributed by atoms with Crippen molar-refractivity contribution in [2.75, 3.05) is 18.6 Å². The number of carboxylic acid groups (broad SMARTS) is 2. The van der Waals surface area contributed by atoms with Crippen LogP contribution in [0, 0.1) is 5.92 Å². The average Bonchev–Trinajstić information content (AvgIpc) is 3.95. The maximum Gasteiger partial charge on any atom is 0.326 e. The van der Waals surface area contributed by atoms with Gasteiger partial charge in [0.2, 0.25) is 59.1 Å². The summed E-state index contributed by atoms with van der Waals surface area (Å²) in [6.07, 6.45) is -0.997. The van der Waals surface area contributed by atoms with Crippen LogP contribution in [0.4, 0.5) is 0 Å². The normalized spacial score (nSPS) is 14.8.